The van der Waals surface area contributed by atoms with Crippen LogP contribution in [0.5, 0.6) is 0 Å². The van der Waals surface area contributed by atoms with Gasteiger partial charge in [0.05, 0.1) is 0 Å². The fourth-order valence-electron chi connectivity index (χ4n) is 1.53. The maximum Gasteiger partial charge on any atom is 0.295 e. The van der Waals surface area contributed by atoms with E-state index in [0.29, 0.717) is 17.6 Å². The molecule has 3 N–H and O–H groups in total. The molecule has 0 atom stereocenters. The molecule has 1 aliphatic rings. The zero-order valence-electron chi connectivity index (χ0n) is 7.97. The number of nitrogens with one attached hydrogen (secondary N) is 1. The van der Waals surface area contributed by atoms with Crippen LogP contribution in [0, 0.1) is 0 Å². The van der Waals surface area contributed by atoms with E-state index in [0.717, 1.165) is 18.7 Å². The van der Waals surface area contributed by atoms with Gasteiger partial charge in [-0.2, -0.15) is 9.97 Å². The highest BCUT2D eigenvalue weighted by Gasteiger charge is 2.25. The lowest BCUT2D eigenvalue weighted by atomic mass is 9.85. The highest BCUT2D eigenvalue weighted by atomic mass is 16.5. The van der Waals surface area contributed by atoms with Crippen molar-refractivity contribution in [3.8, 4) is 11.7 Å². The summed E-state index contributed by atoms with van der Waals surface area (Å²) in [5.74, 6) is 2.15. The Morgan fingerprint density at radius 1 is 1.33 bits per heavy atom. The topological polar surface area (TPSA) is 107 Å². The number of nitrogens with two attached hydrogens (primary N) is 1. The lowest BCUT2D eigenvalue weighted by molar-refractivity contribution is 0.365. The minimum Gasteiger partial charge on any atom is -0.366 e. The molecule has 2 heterocycles. The van der Waals surface area contributed by atoms with E-state index in [1.54, 1.807) is 0 Å². The molecule has 3 rings (SSSR count). The predicted octanol–water partition coefficient (Wildman–Crippen LogP) is 0.704. The van der Waals surface area contributed by atoms with Gasteiger partial charge in [-0.25, -0.2) is 0 Å². The second-order valence-corrected chi connectivity index (χ2v) is 3.63. The third-order valence-electron chi connectivity index (χ3n) is 2.62. The summed E-state index contributed by atoms with van der Waals surface area (Å²) in [6.07, 6.45) is 3.51. The van der Waals surface area contributed by atoms with E-state index in [1.165, 1.54) is 6.42 Å². The molecule has 1 aliphatic carbocycles. The van der Waals surface area contributed by atoms with E-state index in [4.69, 9.17) is 10.3 Å². The van der Waals surface area contributed by atoms with Crippen molar-refractivity contribution in [1.82, 2.24) is 25.3 Å². The average Bonchev–Trinajstić information content (AvgIpc) is 2.70. The molecular formula is C8H10N6O. The molecule has 0 amide bonds. The summed E-state index contributed by atoms with van der Waals surface area (Å²) in [5, 5.41) is 10.2. The first-order valence-electron chi connectivity index (χ1n) is 4.85. The summed E-state index contributed by atoms with van der Waals surface area (Å²) < 4.78 is 5.07. The largest absolute Gasteiger partial charge is 0.366 e. The molecule has 0 saturated heterocycles. The second-order valence-electron chi connectivity index (χ2n) is 3.63. The van der Waals surface area contributed by atoms with Gasteiger partial charge in [-0.1, -0.05) is 11.6 Å². The number of anilines is 1. The first kappa shape index (κ1) is 8.39. The summed E-state index contributed by atoms with van der Waals surface area (Å²) in [6.45, 7) is 0. The van der Waals surface area contributed by atoms with Crippen molar-refractivity contribution in [3.63, 3.8) is 0 Å². The van der Waals surface area contributed by atoms with Crippen LogP contribution in [0.25, 0.3) is 11.7 Å². The van der Waals surface area contributed by atoms with Crippen LogP contribution in [0.15, 0.2) is 4.52 Å². The summed E-state index contributed by atoms with van der Waals surface area (Å²) in [4.78, 5) is 8.16. The lowest BCUT2D eigenvalue weighted by Gasteiger charge is -2.20. The van der Waals surface area contributed by atoms with E-state index >= 15 is 0 Å². The molecule has 78 valence electrons. The molecule has 7 nitrogen and oxygen atoms in total. The van der Waals surface area contributed by atoms with Crippen LogP contribution in [-0.2, 0) is 0 Å². The van der Waals surface area contributed by atoms with Gasteiger partial charge in [-0.15, -0.1) is 5.10 Å². The van der Waals surface area contributed by atoms with Crippen LogP contribution in [-0.4, -0.2) is 25.3 Å². The van der Waals surface area contributed by atoms with Crippen molar-refractivity contribution in [2.45, 2.75) is 25.2 Å². The first-order chi connectivity index (χ1) is 7.33. The van der Waals surface area contributed by atoms with Crippen molar-refractivity contribution in [2.24, 2.45) is 0 Å². The number of hydrogen-bond acceptors (Lipinski definition) is 6. The molecule has 7 heteroatoms. The molecule has 15 heavy (non-hydrogen) atoms. The van der Waals surface area contributed by atoms with Crippen LogP contribution >= 0.6 is 0 Å². The Morgan fingerprint density at radius 2 is 2.20 bits per heavy atom. The van der Waals surface area contributed by atoms with Crippen molar-refractivity contribution in [2.75, 3.05) is 5.73 Å². The van der Waals surface area contributed by atoms with Crippen LogP contribution in [0.4, 0.5) is 5.95 Å². The number of rotatable bonds is 2. The Kier molecular flexibility index (Phi) is 1.70. The highest BCUT2D eigenvalue weighted by molar-refractivity contribution is 5.41. The Morgan fingerprint density at radius 3 is 2.80 bits per heavy atom. The first-order valence-corrected chi connectivity index (χ1v) is 4.85. The third-order valence-corrected chi connectivity index (χ3v) is 2.62. The Hall–Kier alpha value is -1.92. The van der Waals surface area contributed by atoms with Gasteiger partial charge in [0.1, 0.15) is 0 Å². The van der Waals surface area contributed by atoms with Crippen molar-refractivity contribution in [3.05, 3.63) is 5.82 Å². The number of aromatic nitrogens is 5. The summed E-state index contributed by atoms with van der Waals surface area (Å²) >= 11 is 0. The van der Waals surface area contributed by atoms with Crippen LogP contribution in [0.2, 0.25) is 0 Å². The lowest BCUT2D eigenvalue weighted by Crippen LogP contribution is -2.10. The number of nitrogens with zero attached hydrogens (tertiary/aromatic N) is 4. The fraction of sp³-hybridized carbons (Fsp3) is 0.500. The Balaban J connectivity index is 1.89. The summed E-state index contributed by atoms with van der Waals surface area (Å²) in [7, 11) is 0. The molecule has 1 fully saturated rings. The van der Waals surface area contributed by atoms with Crippen LogP contribution < -0.4 is 5.73 Å². The number of H-pyrrole nitrogens is 1. The van der Waals surface area contributed by atoms with Crippen LogP contribution in [0.1, 0.15) is 31.0 Å². The van der Waals surface area contributed by atoms with E-state index in [1.807, 2.05) is 0 Å². The molecule has 2 aromatic heterocycles. The third kappa shape index (κ3) is 1.36. The molecule has 0 aromatic carbocycles. The number of hydrogen-bond donors (Lipinski definition) is 2. The maximum absolute atomic E-state index is 5.38. The Bertz CT molecular complexity index is 471. The molecule has 2 aromatic rings. The monoisotopic (exact) mass is 206 g/mol. The molecule has 0 bridgehead atoms. The van der Waals surface area contributed by atoms with Gasteiger partial charge >= 0.3 is 0 Å². The summed E-state index contributed by atoms with van der Waals surface area (Å²) in [5.41, 5.74) is 5.38. The zero-order chi connectivity index (χ0) is 10.3. The van der Waals surface area contributed by atoms with Gasteiger partial charge in [0.2, 0.25) is 11.8 Å². The quantitative estimate of drug-likeness (QED) is 0.749. The maximum atomic E-state index is 5.38. The second kappa shape index (κ2) is 3.04. The average molecular weight is 206 g/mol. The van der Waals surface area contributed by atoms with Crippen molar-refractivity contribution in [1.29, 1.82) is 0 Å². The SMILES string of the molecule is Nc1n[nH]c(-c2nc(C3CCC3)no2)n1. The van der Waals surface area contributed by atoms with Gasteiger partial charge in [-0.3, -0.25) is 5.10 Å². The van der Waals surface area contributed by atoms with Gasteiger partial charge in [-0.05, 0) is 12.8 Å². The van der Waals surface area contributed by atoms with E-state index in [2.05, 4.69) is 25.3 Å². The van der Waals surface area contributed by atoms with Crippen molar-refractivity contribution < 1.29 is 4.52 Å². The molecule has 0 unspecified atom stereocenters. The highest BCUT2D eigenvalue weighted by Crippen LogP contribution is 2.35. The smallest absolute Gasteiger partial charge is 0.295 e. The summed E-state index contributed by atoms with van der Waals surface area (Å²) in [6, 6.07) is 0. The molecule has 0 aliphatic heterocycles. The van der Waals surface area contributed by atoms with Gasteiger partial charge in [0.25, 0.3) is 5.89 Å². The number of aromatic amines is 1. The molecule has 0 radical (unpaired) electrons. The number of nitrogen functional groups attached to an aromatic ring is 1. The van der Waals surface area contributed by atoms with E-state index in [-0.39, 0.29) is 5.95 Å². The molecule has 1 saturated carbocycles. The molecule has 0 spiro atoms. The van der Waals surface area contributed by atoms with E-state index in [9.17, 15) is 0 Å². The van der Waals surface area contributed by atoms with Crippen molar-refractivity contribution >= 4 is 5.95 Å². The normalized spacial score (nSPS) is 16.5. The zero-order valence-corrected chi connectivity index (χ0v) is 7.97. The Labute approximate surface area is 85.1 Å². The minimum atomic E-state index is 0.174. The van der Waals surface area contributed by atoms with E-state index < -0.39 is 0 Å². The minimum absolute atomic E-state index is 0.174. The van der Waals surface area contributed by atoms with Crippen LogP contribution in [0.3, 0.4) is 0 Å². The fourth-order valence-corrected chi connectivity index (χ4v) is 1.53. The molecular weight excluding hydrogens is 196 g/mol. The van der Waals surface area contributed by atoms with Gasteiger partial charge < -0.3 is 10.3 Å². The van der Waals surface area contributed by atoms with Gasteiger partial charge in [0.15, 0.2) is 5.82 Å². The van der Waals surface area contributed by atoms with Gasteiger partial charge in [0, 0.05) is 5.92 Å². The standard InChI is InChI=1S/C8H10N6O/c9-8-11-6(12-13-8)7-10-5(14-15-7)4-2-1-3-4/h4H,1-3H2,(H3,9,11,12,13). The predicted molar refractivity (Wildman–Crippen MR) is 50.7 cm³/mol.